The van der Waals surface area contributed by atoms with Crippen LogP contribution in [0.2, 0.25) is 0 Å². The smallest absolute Gasteiger partial charge is 0.305 e. The fourth-order valence-electron chi connectivity index (χ4n) is 14.0. The summed E-state index contributed by atoms with van der Waals surface area (Å²) < 4.78 is 5.50. The molecule has 93 heavy (non-hydrogen) atoms. The lowest BCUT2D eigenvalue weighted by Gasteiger charge is -2.22. The summed E-state index contributed by atoms with van der Waals surface area (Å²) in [4.78, 5) is 24.7. The molecule has 0 aliphatic heterocycles. The number of unbranched alkanes of at least 4 members (excludes halogenated alkanes) is 67. The highest BCUT2D eigenvalue weighted by Crippen LogP contribution is 2.21. The Balaban J connectivity index is 3.32. The minimum absolute atomic E-state index is 0.0102. The maximum absolute atomic E-state index is 12.6. The van der Waals surface area contributed by atoms with Gasteiger partial charge in [-0.3, -0.25) is 9.59 Å². The minimum atomic E-state index is -0.662. The summed E-state index contributed by atoms with van der Waals surface area (Å²) in [6.07, 6.45) is 107. The van der Waals surface area contributed by atoms with E-state index >= 15 is 0 Å². The van der Waals surface area contributed by atoms with E-state index in [1.807, 2.05) is 0 Å². The number of ether oxygens (including phenoxy) is 1. The standard InChI is InChI=1S/C87H169NO5/c1-3-5-7-9-11-13-15-17-19-21-22-23-24-36-39-42-45-48-51-55-59-63-67-71-75-79-85(90)84(83-89)88-86(91)80-76-72-68-64-60-56-52-49-46-43-40-37-34-32-30-28-26-25-27-29-31-33-35-38-41-44-47-50-54-58-62-66-70-74-78-82-93-87(92)81-77-73-69-65-61-57-53-20-18-16-14-12-10-8-6-4-2/h14,16,20,53,84-85,89-90H,3-13,15,17-19,21-52,54-83H2,1-2H3,(H,88,91)/b16-14-,53-20-. The van der Waals surface area contributed by atoms with Gasteiger partial charge in [-0.1, -0.05) is 449 Å². The molecule has 0 bridgehead atoms. The summed E-state index contributed by atoms with van der Waals surface area (Å²) in [5.74, 6) is -0.0130. The Morgan fingerprint density at radius 2 is 0.538 bits per heavy atom. The van der Waals surface area contributed by atoms with Crippen molar-refractivity contribution in [3.8, 4) is 0 Å². The molecule has 0 aliphatic rings. The number of aliphatic hydroxyl groups is 2. The third kappa shape index (κ3) is 79.2. The van der Waals surface area contributed by atoms with Gasteiger partial charge in [0.2, 0.25) is 5.91 Å². The average molecular weight is 1310 g/mol. The molecular formula is C87H169NO5. The molecule has 1 amide bonds. The van der Waals surface area contributed by atoms with Gasteiger partial charge < -0.3 is 20.3 Å². The molecule has 0 aromatic heterocycles. The van der Waals surface area contributed by atoms with Crippen molar-refractivity contribution in [2.24, 2.45) is 0 Å². The summed E-state index contributed by atoms with van der Waals surface area (Å²) in [6.45, 7) is 4.99. The average Bonchev–Trinajstić information content (AvgIpc) is 3.78. The molecule has 2 unspecified atom stereocenters. The molecule has 0 saturated carbocycles. The zero-order valence-electron chi connectivity index (χ0n) is 63.5. The first-order chi connectivity index (χ1) is 46.0. The van der Waals surface area contributed by atoms with Crippen LogP contribution >= 0.6 is 0 Å². The van der Waals surface area contributed by atoms with Gasteiger partial charge in [-0.15, -0.1) is 0 Å². The number of esters is 1. The van der Waals surface area contributed by atoms with Crippen LogP contribution in [0.5, 0.6) is 0 Å². The van der Waals surface area contributed by atoms with Crippen molar-refractivity contribution < 1.29 is 24.5 Å². The van der Waals surface area contributed by atoms with Crippen LogP contribution in [-0.2, 0) is 14.3 Å². The van der Waals surface area contributed by atoms with Crippen LogP contribution in [0.3, 0.4) is 0 Å². The molecule has 0 spiro atoms. The van der Waals surface area contributed by atoms with E-state index in [1.165, 1.54) is 411 Å². The number of hydrogen-bond acceptors (Lipinski definition) is 5. The van der Waals surface area contributed by atoms with Crippen LogP contribution < -0.4 is 5.32 Å². The van der Waals surface area contributed by atoms with E-state index in [0.717, 1.165) is 51.4 Å². The van der Waals surface area contributed by atoms with E-state index in [-0.39, 0.29) is 18.5 Å². The highest BCUT2D eigenvalue weighted by Gasteiger charge is 2.20. The summed E-state index contributed by atoms with van der Waals surface area (Å²) in [5, 5.41) is 23.5. The van der Waals surface area contributed by atoms with Gasteiger partial charge in [0.05, 0.1) is 25.4 Å². The molecule has 0 heterocycles. The summed E-state index contributed by atoms with van der Waals surface area (Å²) in [5.41, 5.74) is 0. The van der Waals surface area contributed by atoms with Gasteiger partial charge in [0.25, 0.3) is 0 Å². The van der Waals surface area contributed by atoms with Crippen LogP contribution in [0.1, 0.15) is 495 Å². The van der Waals surface area contributed by atoms with Crippen LogP contribution in [-0.4, -0.2) is 47.4 Å². The number of allylic oxidation sites excluding steroid dienone is 4. The molecular weight excluding hydrogens is 1140 g/mol. The molecule has 3 N–H and O–H groups in total. The molecule has 6 nitrogen and oxygen atoms in total. The van der Waals surface area contributed by atoms with Gasteiger partial charge in [0, 0.05) is 12.8 Å². The Labute approximate surface area is 583 Å². The van der Waals surface area contributed by atoms with Gasteiger partial charge in [-0.2, -0.15) is 0 Å². The minimum Gasteiger partial charge on any atom is -0.466 e. The van der Waals surface area contributed by atoms with E-state index in [9.17, 15) is 19.8 Å². The lowest BCUT2D eigenvalue weighted by atomic mass is 10.0. The molecule has 0 aromatic carbocycles. The normalized spacial score (nSPS) is 12.5. The van der Waals surface area contributed by atoms with Crippen LogP contribution in [0, 0.1) is 0 Å². The van der Waals surface area contributed by atoms with E-state index in [2.05, 4.69) is 43.5 Å². The lowest BCUT2D eigenvalue weighted by molar-refractivity contribution is -0.143. The molecule has 6 heteroatoms. The third-order valence-corrected chi connectivity index (χ3v) is 20.5. The van der Waals surface area contributed by atoms with Crippen LogP contribution in [0.25, 0.3) is 0 Å². The number of amides is 1. The van der Waals surface area contributed by atoms with Crippen molar-refractivity contribution in [1.29, 1.82) is 0 Å². The fraction of sp³-hybridized carbons (Fsp3) is 0.931. The summed E-state index contributed by atoms with van der Waals surface area (Å²) in [7, 11) is 0. The predicted molar refractivity (Wildman–Crippen MR) is 412 cm³/mol. The zero-order valence-corrected chi connectivity index (χ0v) is 63.5. The Bertz CT molecular complexity index is 1460. The van der Waals surface area contributed by atoms with Gasteiger partial charge >= 0.3 is 5.97 Å². The highest BCUT2D eigenvalue weighted by molar-refractivity contribution is 5.76. The van der Waals surface area contributed by atoms with Crippen molar-refractivity contribution in [2.75, 3.05) is 13.2 Å². The van der Waals surface area contributed by atoms with Crippen molar-refractivity contribution >= 4 is 11.9 Å². The molecule has 2 atom stereocenters. The van der Waals surface area contributed by atoms with Crippen LogP contribution in [0.4, 0.5) is 0 Å². The molecule has 552 valence electrons. The lowest BCUT2D eigenvalue weighted by Crippen LogP contribution is -2.45. The van der Waals surface area contributed by atoms with E-state index in [1.54, 1.807) is 0 Å². The number of carbonyl (C=O) groups excluding carboxylic acids is 2. The van der Waals surface area contributed by atoms with Crippen molar-refractivity contribution in [3.63, 3.8) is 0 Å². The summed E-state index contributed by atoms with van der Waals surface area (Å²) >= 11 is 0. The number of aliphatic hydroxyl groups excluding tert-OH is 2. The summed E-state index contributed by atoms with van der Waals surface area (Å²) in [6, 6.07) is -0.539. The van der Waals surface area contributed by atoms with Gasteiger partial charge in [-0.05, 0) is 57.8 Å². The Hall–Kier alpha value is -1.66. The SMILES string of the molecule is CCCCCC/C=C\C/C=C\CCCCCCCC(=O)OCCCCCCCCCCCCCCCCCCCCCCCCCCCCCCCCCCCCCC(=O)NC(CO)C(O)CCCCCCCCCCCCCCCCCCCCCCCCCCC. The quantitative estimate of drug-likeness (QED) is 0.0320. The number of hydrogen-bond donors (Lipinski definition) is 3. The Kier molecular flexibility index (Phi) is 81.3. The Morgan fingerprint density at radius 1 is 0.301 bits per heavy atom. The third-order valence-electron chi connectivity index (χ3n) is 20.5. The van der Waals surface area contributed by atoms with Gasteiger partial charge in [0.1, 0.15) is 0 Å². The fourth-order valence-corrected chi connectivity index (χ4v) is 14.0. The van der Waals surface area contributed by atoms with E-state index in [0.29, 0.717) is 25.9 Å². The molecule has 0 radical (unpaired) electrons. The topological polar surface area (TPSA) is 95.9 Å². The van der Waals surface area contributed by atoms with Gasteiger partial charge in [-0.25, -0.2) is 0 Å². The van der Waals surface area contributed by atoms with Crippen molar-refractivity contribution in [2.45, 2.75) is 508 Å². The largest absolute Gasteiger partial charge is 0.466 e. The highest BCUT2D eigenvalue weighted by atomic mass is 16.5. The monoisotopic (exact) mass is 1310 g/mol. The number of rotatable bonds is 82. The molecule has 0 aliphatic carbocycles. The van der Waals surface area contributed by atoms with E-state index in [4.69, 9.17) is 4.74 Å². The molecule has 0 fully saturated rings. The molecule has 0 saturated heterocycles. The first kappa shape index (κ1) is 91.3. The Morgan fingerprint density at radius 3 is 0.828 bits per heavy atom. The number of carbonyl (C=O) groups is 2. The maximum atomic E-state index is 12.6. The second-order valence-electron chi connectivity index (χ2n) is 29.9. The van der Waals surface area contributed by atoms with Gasteiger partial charge in [0.15, 0.2) is 0 Å². The molecule has 0 aromatic rings. The maximum Gasteiger partial charge on any atom is 0.305 e. The van der Waals surface area contributed by atoms with Crippen molar-refractivity contribution in [3.05, 3.63) is 24.3 Å². The van der Waals surface area contributed by atoms with E-state index < -0.39 is 12.1 Å². The van der Waals surface area contributed by atoms with Crippen molar-refractivity contribution in [1.82, 2.24) is 5.32 Å². The second kappa shape index (κ2) is 82.8. The predicted octanol–water partition coefficient (Wildman–Crippen LogP) is 28.8. The first-order valence-corrected chi connectivity index (χ1v) is 43.1. The molecule has 0 rings (SSSR count). The zero-order chi connectivity index (χ0) is 67.0. The number of nitrogens with one attached hydrogen (secondary N) is 1. The first-order valence-electron chi connectivity index (χ1n) is 43.1. The second-order valence-corrected chi connectivity index (χ2v) is 29.9. The van der Waals surface area contributed by atoms with Crippen LogP contribution in [0.15, 0.2) is 24.3 Å².